The second-order valence-electron chi connectivity index (χ2n) is 7.35. The van der Waals surface area contributed by atoms with Gasteiger partial charge in [0.05, 0.1) is 10.9 Å². The third-order valence-electron chi connectivity index (χ3n) is 5.97. The first kappa shape index (κ1) is 15.6. The van der Waals surface area contributed by atoms with Crippen molar-refractivity contribution in [3.8, 4) is 0 Å². The Morgan fingerprint density at radius 2 is 1.74 bits per heavy atom. The molecule has 4 nitrogen and oxygen atoms in total. The summed E-state index contributed by atoms with van der Waals surface area (Å²) in [5, 5.41) is 11.3. The molecule has 126 valence electrons. The van der Waals surface area contributed by atoms with E-state index in [0.717, 1.165) is 44.1 Å². The number of benzene rings is 1. The Morgan fingerprint density at radius 3 is 2.43 bits per heavy atom. The Kier molecular flexibility index (Phi) is 3.78. The quantitative estimate of drug-likeness (QED) is 0.924. The van der Waals surface area contributed by atoms with E-state index in [1.165, 1.54) is 0 Å². The predicted octanol–water partition coefficient (Wildman–Crippen LogP) is 2.63. The van der Waals surface area contributed by atoms with Gasteiger partial charge in [-0.15, -0.1) is 0 Å². The predicted molar refractivity (Wildman–Crippen MR) is 89.3 cm³/mol. The lowest BCUT2D eigenvalue weighted by Gasteiger charge is -2.51. The number of nitrogens with zero attached hydrogens (tertiary/aromatic N) is 1. The topological polar surface area (TPSA) is 57.6 Å². The van der Waals surface area contributed by atoms with Crippen LogP contribution in [-0.2, 0) is 15.6 Å². The van der Waals surface area contributed by atoms with Crippen LogP contribution in [0.1, 0.15) is 50.5 Å². The molecule has 0 amide bonds. The van der Waals surface area contributed by atoms with Gasteiger partial charge in [0, 0.05) is 18.5 Å². The highest BCUT2D eigenvalue weighted by atomic mass is 32.2. The SMILES string of the molecule is O=S(=O)(C1CC1)N1CC[C@](O)(c2ccccc2)[C@@H]2CCCC[C@H]21. The summed E-state index contributed by atoms with van der Waals surface area (Å²) in [6.45, 7) is 0.450. The zero-order chi connectivity index (χ0) is 16.1. The first-order chi connectivity index (χ1) is 11.0. The minimum Gasteiger partial charge on any atom is -0.385 e. The van der Waals surface area contributed by atoms with Gasteiger partial charge in [-0.1, -0.05) is 43.2 Å². The highest BCUT2D eigenvalue weighted by Gasteiger charge is 2.54. The summed E-state index contributed by atoms with van der Waals surface area (Å²) >= 11 is 0. The average Bonchev–Trinajstić information content (AvgIpc) is 3.41. The highest BCUT2D eigenvalue weighted by Crippen LogP contribution is 2.49. The number of aliphatic hydroxyl groups is 1. The lowest BCUT2D eigenvalue weighted by atomic mass is 9.67. The van der Waals surface area contributed by atoms with Crippen molar-refractivity contribution in [2.75, 3.05) is 6.54 Å². The van der Waals surface area contributed by atoms with E-state index in [1.807, 2.05) is 30.3 Å². The summed E-state index contributed by atoms with van der Waals surface area (Å²) in [4.78, 5) is 0. The standard InChI is InChI=1S/C18H25NO3S/c20-18(14-6-2-1-3-7-14)12-13-19(23(21,22)15-10-11-15)17-9-5-4-8-16(17)18/h1-3,6-7,15-17,20H,4-5,8-13H2/t16-,17-,18+/m1/s1. The Labute approximate surface area is 138 Å². The number of piperidine rings is 1. The lowest BCUT2D eigenvalue weighted by molar-refractivity contribution is -0.100. The van der Waals surface area contributed by atoms with Crippen molar-refractivity contribution in [1.82, 2.24) is 4.31 Å². The van der Waals surface area contributed by atoms with Crippen molar-refractivity contribution in [3.63, 3.8) is 0 Å². The molecule has 2 saturated carbocycles. The van der Waals surface area contributed by atoms with Crippen molar-refractivity contribution in [1.29, 1.82) is 0 Å². The minimum atomic E-state index is -3.17. The molecule has 1 heterocycles. The molecular formula is C18H25NO3S. The van der Waals surface area contributed by atoms with E-state index >= 15 is 0 Å². The van der Waals surface area contributed by atoms with E-state index in [9.17, 15) is 13.5 Å². The fourth-order valence-corrected chi connectivity index (χ4v) is 6.69. The fourth-order valence-electron chi connectivity index (χ4n) is 4.60. The van der Waals surface area contributed by atoms with Gasteiger partial charge in [-0.05, 0) is 37.7 Å². The summed E-state index contributed by atoms with van der Waals surface area (Å²) in [5.41, 5.74) is 0.0578. The molecule has 0 spiro atoms. The van der Waals surface area contributed by atoms with E-state index in [-0.39, 0.29) is 17.2 Å². The van der Waals surface area contributed by atoms with Crippen molar-refractivity contribution >= 4 is 10.0 Å². The largest absolute Gasteiger partial charge is 0.385 e. The van der Waals surface area contributed by atoms with Crippen molar-refractivity contribution in [3.05, 3.63) is 35.9 Å². The molecule has 2 aliphatic carbocycles. The average molecular weight is 335 g/mol. The van der Waals surface area contributed by atoms with Crippen molar-refractivity contribution in [2.24, 2.45) is 5.92 Å². The summed E-state index contributed by atoms with van der Waals surface area (Å²) in [6.07, 6.45) is 6.04. The van der Waals surface area contributed by atoms with Crippen LogP contribution >= 0.6 is 0 Å². The summed E-state index contributed by atoms with van der Waals surface area (Å²) in [5.74, 6) is 0.0147. The van der Waals surface area contributed by atoms with Crippen LogP contribution in [0.15, 0.2) is 30.3 Å². The van der Waals surface area contributed by atoms with E-state index in [1.54, 1.807) is 4.31 Å². The molecule has 3 fully saturated rings. The van der Waals surface area contributed by atoms with E-state index in [0.29, 0.717) is 13.0 Å². The molecule has 4 rings (SSSR count). The molecule has 0 aromatic heterocycles. The van der Waals surface area contributed by atoms with Crippen LogP contribution in [0.3, 0.4) is 0 Å². The van der Waals surface area contributed by atoms with E-state index < -0.39 is 15.6 Å². The van der Waals surface area contributed by atoms with Crippen LogP contribution in [0.25, 0.3) is 0 Å². The zero-order valence-electron chi connectivity index (χ0n) is 13.4. The molecular weight excluding hydrogens is 310 g/mol. The maximum Gasteiger partial charge on any atom is 0.217 e. The van der Waals surface area contributed by atoms with Crippen LogP contribution in [0.2, 0.25) is 0 Å². The molecule has 5 heteroatoms. The second kappa shape index (κ2) is 5.57. The monoisotopic (exact) mass is 335 g/mol. The number of fused-ring (bicyclic) bond motifs is 1. The molecule has 1 aromatic rings. The number of sulfonamides is 1. The molecule has 0 radical (unpaired) electrons. The van der Waals surface area contributed by atoms with Gasteiger partial charge in [0.2, 0.25) is 10.0 Å². The number of rotatable bonds is 3. The first-order valence-corrected chi connectivity index (χ1v) is 10.3. The first-order valence-electron chi connectivity index (χ1n) is 8.82. The summed E-state index contributed by atoms with van der Waals surface area (Å²) in [7, 11) is -3.17. The zero-order valence-corrected chi connectivity index (χ0v) is 14.2. The molecule has 0 bridgehead atoms. The smallest absolute Gasteiger partial charge is 0.217 e. The molecule has 23 heavy (non-hydrogen) atoms. The van der Waals surface area contributed by atoms with E-state index in [4.69, 9.17) is 0 Å². The van der Waals surface area contributed by atoms with Gasteiger partial charge >= 0.3 is 0 Å². The van der Waals surface area contributed by atoms with Crippen LogP contribution in [-0.4, -0.2) is 35.7 Å². The second-order valence-corrected chi connectivity index (χ2v) is 9.52. The van der Waals surface area contributed by atoms with Gasteiger partial charge in [-0.3, -0.25) is 0 Å². The van der Waals surface area contributed by atoms with Gasteiger partial charge in [0.25, 0.3) is 0 Å². The fraction of sp³-hybridized carbons (Fsp3) is 0.667. The third kappa shape index (κ3) is 2.53. The summed E-state index contributed by atoms with van der Waals surface area (Å²) in [6, 6.07) is 9.80. The van der Waals surface area contributed by atoms with Crippen molar-refractivity contribution < 1.29 is 13.5 Å². The Bertz CT molecular complexity index is 671. The van der Waals surface area contributed by atoms with Crippen LogP contribution < -0.4 is 0 Å². The van der Waals surface area contributed by atoms with Crippen LogP contribution in [0, 0.1) is 5.92 Å². The molecule has 0 unspecified atom stereocenters. The molecule has 1 aromatic carbocycles. The van der Waals surface area contributed by atoms with Gasteiger partial charge in [0.1, 0.15) is 0 Å². The minimum absolute atomic E-state index is 0.0147. The highest BCUT2D eigenvalue weighted by molar-refractivity contribution is 7.90. The molecule has 3 aliphatic rings. The van der Waals surface area contributed by atoms with Gasteiger partial charge < -0.3 is 5.11 Å². The normalized spacial score (nSPS) is 35.7. The molecule has 1 N–H and O–H groups in total. The van der Waals surface area contributed by atoms with Crippen LogP contribution in [0.5, 0.6) is 0 Å². The molecule has 1 aliphatic heterocycles. The third-order valence-corrected chi connectivity index (χ3v) is 8.39. The maximum atomic E-state index is 12.8. The van der Waals surface area contributed by atoms with Gasteiger partial charge in [-0.2, -0.15) is 4.31 Å². The summed E-state index contributed by atoms with van der Waals surface area (Å²) < 4.78 is 27.3. The Balaban J connectivity index is 1.69. The van der Waals surface area contributed by atoms with Gasteiger partial charge in [-0.25, -0.2) is 8.42 Å². The molecule has 3 atom stereocenters. The van der Waals surface area contributed by atoms with E-state index in [2.05, 4.69) is 0 Å². The lowest BCUT2D eigenvalue weighted by Crippen LogP contribution is -2.59. The Hall–Kier alpha value is -0.910. The Morgan fingerprint density at radius 1 is 1.04 bits per heavy atom. The maximum absolute atomic E-state index is 12.8. The molecule has 1 saturated heterocycles. The van der Waals surface area contributed by atoms with Crippen molar-refractivity contribution in [2.45, 2.75) is 61.8 Å². The van der Waals surface area contributed by atoms with Crippen LogP contribution in [0.4, 0.5) is 0 Å². The van der Waals surface area contributed by atoms with Gasteiger partial charge in [0.15, 0.2) is 0 Å². The number of hydrogen-bond donors (Lipinski definition) is 1. The number of hydrogen-bond acceptors (Lipinski definition) is 3.